The number of morpholine rings is 2. The van der Waals surface area contributed by atoms with Crippen molar-refractivity contribution in [1.29, 1.82) is 0 Å². The summed E-state index contributed by atoms with van der Waals surface area (Å²) in [6.07, 6.45) is 1.28. The maximum atomic E-state index is 12.4. The minimum Gasteiger partial charge on any atom is -0.379 e. The molecule has 3 aliphatic rings. The van der Waals surface area contributed by atoms with Crippen LogP contribution in [0.3, 0.4) is 0 Å². The number of ether oxygens (including phenoxy) is 2. The van der Waals surface area contributed by atoms with Crippen molar-refractivity contribution in [2.75, 3.05) is 64.1 Å². The molecule has 0 aromatic rings. The van der Waals surface area contributed by atoms with Crippen LogP contribution >= 0.6 is 11.8 Å². The van der Waals surface area contributed by atoms with Gasteiger partial charge in [-0.1, -0.05) is 0 Å². The lowest BCUT2D eigenvalue weighted by atomic mass is 9.95. The number of rotatable bonds is 3. The van der Waals surface area contributed by atoms with Crippen LogP contribution in [0.5, 0.6) is 0 Å². The second kappa shape index (κ2) is 7.38. The van der Waals surface area contributed by atoms with E-state index in [4.69, 9.17) is 9.47 Å². The number of carbonyl (C=O) groups excluding carboxylic acids is 1. The van der Waals surface area contributed by atoms with Crippen molar-refractivity contribution in [3.05, 3.63) is 0 Å². The van der Waals surface area contributed by atoms with Crippen LogP contribution in [0.15, 0.2) is 0 Å². The molecule has 126 valence electrons. The van der Waals surface area contributed by atoms with Crippen molar-refractivity contribution in [2.45, 2.75) is 25.0 Å². The Morgan fingerprint density at radius 2 is 2.14 bits per heavy atom. The van der Waals surface area contributed by atoms with Crippen LogP contribution in [0.2, 0.25) is 0 Å². The minimum atomic E-state index is 0.0553. The summed E-state index contributed by atoms with van der Waals surface area (Å²) in [5, 5.41) is 3.19. The topological polar surface area (TPSA) is 54.0 Å². The maximum Gasteiger partial charge on any atom is 0.317 e. The zero-order chi connectivity index (χ0) is 15.4. The number of hydrogen-bond donors (Lipinski definition) is 1. The molecule has 3 saturated heterocycles. The van der Waals surface area contributed by atoms with Gasteiger partial charge in [-0.2, -0.15) is 11.8 Å². The van der Waals surface area contributed by atoms with Crippen LogP contribution in [0, 0.1) is 0 Å². The van der Waals surface area contributed by atoms with E-state index in [1.807, 2.05) is 23.6 Å². The summed E-state index contributed by atoms with van der Waals surface area (Å²) in [4.78, 5) is 16.8. The van der Waals surface area contributed by atoms with Gasteiger partial charge in [-0.25, -0.2) is 4.79 Å². The highest BCUT2D eigenvalue weighted by atomic mass is 32.2. The molecule has 6 nitrogen and oxygen atoms in total. The van der Waals surface area contributed by atoms with Crippen molar-refractivity contribution in [3.63, 3.8) is 0 Å². The Labute approximate surface area is 136 Å². The van der Waals surface area contributed by atoms with Crippen LogP contribution in [0.1, 0.15) is 13.3 Å². The Bertz CT molecular complexity index is 384. The number of nitrogens with zero attached hydrogens (tertiary/aromatic N) is 2. The summed E-state index contributed by atoms with van der Waals surface area (Å²) in [7, 11) is 0. The summed E-state index contributed by atoms with van der Waals surface area (Å²) < 4.78 is 11.0. The Hall–Kier alpha value is -0.500. The number of urea groups is 1. The average molecular weight is 329 g/mol. The number of amides is 2. The van der Waals surface area contributed by atoms with E-state index in [2.05, 4.69) is 10.2 Å². The molecule has 22 heavy (non-hydrogen) atoms. The van der Waals surface area contributed by atoms with Gasteiger partial charge in [0.05, 0.1) is 25.9 Å². The van der Waals surface area contributed by atoms with Crippen molar-refractivity contribution in [3.8, 4) is 0 Å². The Morgan fingerprint density at radius 3 is 2.82 bits per heavy atom. The minimum absolute atomic E-state index is 0.0553. The van der Waals surface area contributed by atoms with Gasteiger partial charge in [0, 0.05) is 44.0 Å². The third kappa shape index (κ3) is 3.69. The van der Waals surface area contributed by atoms with Gasteiger partial charge in [-0.3, -0.25) is 4.90 Å². The third-order valence-corrected chi connectivity index (χ3v) is 6.10. The highest BCUT2D eigenvalue weighted by Gasteiger charge is 2.41. The lowest BCUT2D eigenvalue weighted by Gasteiger charge is -2.43. The molecule has 0 unspecified atom stereocenters. The van der Waals surface area contributed by atoms with Gasteiger partial charge < -0.3 is 19.7 Å². The Balaban J connectivity index is 1.56. The molecule has 1 N–H and O–H groups in total. The summed E-state index contributed by atoms with van der Waals surface area (Å²) >= 11 is 1.99. The van der Waals surface area contributed by atoms with E-state index in [1.165, 1.54) is 5.75 Å². The highest BCUT2D eigenvalue weighted by Crippen LogP contribution is 2.33. The standard InChI is InChI=1S/C15H27N3O3S/c1-13-10-17(3-8-21-13)14(19)16-11-15(2-9-22-12-15)18-4-6-20-7-5-18/h13H,2-12H2,1H3,(H,16,19)/t13-,15+/m0/s1. The van der Waals surface area contributed by atoms with E-state index in [0.717, 1.165) is 45.0 Å². The first kappa shape index (κ1) is 16.4. The van der Waals surface area contributed by atoms with Crippen LogP contribution in [-0.4, -0.2) is 91.5 Å². The van der Waals surface area contributed by atoms with E-state index in [9.17, 15) is 4.79 Å². The first-order chi connectivity index (χ1) is 10.7. The molecule has 0 radical (unpaired) electrons. The van der Waals surface area contributed by atoms with Gasteiger partial charge in [0.1, 0.15) is 0 Å². The quantitative estimate of drug-likeness (QED) is 0.823. The second-order valence-electron chi connectivity index (χ2n) is 6.41. The molecular weight excluding hydrogens is 302 g/mol. The first-order valence-electron chi connectivity index (χ1n) is 8.25. The molecule has 3 heterocycles. The number of thioether (sulfide) groups is 1. The van der Waals surface area contributed by atoms with E-state index in [1.54, 1.807) is 0 Å². The molecule has 2 atom stereocenters. The van der Waals surface area contributed by atoms with Gasteiger partial charge >= 0.3 is 6.03 Å². The number of nitrogens with one attached hydrogen (secondary N) is 1. The predicted octanol–water partition coefficient (Wildman–Crippen LogP) is 0.625. The van der Waals surface area contributed by atoms with Crippen molar-refractivity contribution < 1.29 is 14.3 Å². The van der Waals surface area contributed by atoms with Crippen molar-refractivity contribution >= 4 is 17.8 Å². The molecule has 7 heteroatoms. The molecule has 0 spiro atoms. The van der Waals surface area contributed by atoms with Gasteiger partial charge in [0.25, 0.3) is 0 Å². The fraction of sp³-hybridized carbons (Fsp3) is 0.933. The van der Waals surface area contributed by atoms with Gasteiger partial charge in [-0.15, -0.1) is 0 Å². The predicted molar refractivity (Wildman–Crippen MR) is 87.5 cm³/mol. The third-order valence-electron chi connectivity index (χ3n) is 4.86. The molecule has 0 bridgehead atoms. The van der Waals surface area contributed by atoms with Crippen LogP contribution < -0.4 is 5.32 Å². The number of carbonyl (C=O) groups is 1. The first-order valence-corrected chi connectivity index (χ1v) is 9.40. The second-order valence-corrected chi connectivity index (χ2v) is 7.52. The zero-order valence-electron chi connectivity index (χ0n) is 13.4. The molecule has 0 aromatic heterocycles. The summed E-state index contributed by atoms with van der Waals surface area (Å²) in [6.45, 7) is 8.34. The monoisotopic (exact) mass is 329 g/mol. The Morgan fingerprint density at radius 1 is 1.32 bits per heavy atom. The normalized spacial score (nSPS) is 33.9. The number of hydrogen-bond acceptors (Lipinski definition) is 5. The lowest BCUT2D eigenvalue weighted by Crippen LogP contribution is -2.60. The van der Waals surface area contributed by atoms with Gasteiger partial charge in [-0.05, 0) is 19.1 Å². The van der Waals surface area contributed by atoms with Crippen LogP contribution in [0.4, 0.5) is 4.79 Å². The molecule has 2 amide bonds. The SMILES string of the molecule is C[C@H]1CN(C(=O)NC[C@]2(N3CCOCC3)CCSC2)CCO1. The van der Waals surface area contributed by atoms with Crippen LogP contribution in [-0.2, 0) is 9.47 Å². The molecule has 0 aliphatic carbocycles. The summed E-state index contributed by atoms with van der Waals surface area (Å²) in [5.74, 6) is 2.29. The summed E-state index contributed by atoms with van der Waals surface area (Å²) in [6, 6.07) is 0.0553. The highest BCUT2D eigenvalue weighted by molar-refractivity contribution is 7.99. The summed E-state index contributed by atoms with van der Waals surface area (Å²) in [5.41, 5.74) is 0.113. The largest absolute Gasteiger partial charge is 0.379 e. The zero-order valence-corrected chi connectivity index (χ0v) is 14.2. The Kier molecular flexibility index (Phi) is 5.49. The van der Waals surface area contributed by atoms with Gasteiger partial charge in [0.15, 0.2) is 0 Å². The van der Waals surface area contributed by atoms with E-state index in [-0.39, 0.29) is 17.7 Å². The molecular formula is C15H27N3O3S. The lowest BCUT2D eigenvalue weighted by molar-refractivity contribution is -0.0157. The fourth-order valence-electron chi connectivity index (χ4n) is 3.49. The van der Waals surface area contributed by atoms with Crippen LogP contribution in [0.25, 0.3) is 0 Å². The molecule has 0 saturated carbocycles. The molecule has 3 rings (SSSR count). The van der Waals surface area contributed by atoms with Gasteiger partial charge in [0.2, 0.25) is 0 Å². The smallest absolute Gasteiger partial charge is 0.317 e. The molecule has 3 aliphatic heterocycles. The van der Waals surface area contributed by atoms with E-state index in [0.29, 0.717) is 19.7 Å². The van der Waals surface area contributed by atoms with Crippen molar-refractivity contribution in [2.24, 2.45) is 0 Å². The molecule has 0 aromatic carbocycles. The average Bonchev–Trinajstić information content (AvgIpc) is 3.04. The fourth-order valence-corrected chi connectivity index (χ4v) is 4.97. The maximum absolute atomic E-state index is 12.4. The van der Waals surface area contributed by atoms with Crippen molar-refractivity contribution in [1.82, 2.24) is 15.1 Å². The van der Waals surface area contributed by atoms with E-state index < -0.39 is 0 Å². The molecule has 3 fully saturated rings. The van der Waals surface area contributed by atoms with E-state index >= 15 is 0 Å².